The fraction of sp³-hybridized carbons (Fsp3) is 0.421. The van der Waals surface area contributed by atoms with E-state index in [2.05, 4.69) is 21.2 Å². The van der Waals surface area contributed by atoms with Gasteiger partial charge in [0.2, 0.25) is 0 Å². The number of terminal acetylenes is 1. The molecule has 7 heteroatoms. The van der Waals surface area contributed by atoms with Gasteiger partial charge >= 0.3 is 11.9 Å². The highest BCUT2D eigenvalue weighted by Crippen LogP contribution is 2.31. The summed E-state index contributed by atoms with van der Waals surface area (Å²) in [7, 11) is 0. The van der Waals surface area contributed by atoms with E-state index in [1.807, 2.05) is 6.07 Å². The van der Waals surface area contributed by atoms with Gasteiger partial charge in [-0.15, -0.1) is 6.42 Å². The number of fused-ring (bicyclic) bond motifs is 1. The predicted octanol–water partition coefficient (Wildman–Crippen LogP) is 2.64. The van der Waals surface area contributed by atoms with Gasteiger partial charge in [0, 0.05) is 30.2 Å². The van der Waals surface area contributed by atoms with E-state index in [1.165, 1.54) is 6.20 Å². The van der Waals surface area contributed by atoms with Crippen molar-refractivity contribution in [2.75, 3.05) is 11.9 Å². The Kier molecular flexibility index (Phi) is 5.42. The Morgan fingerprint density at radius 2 is 2.31 bits per heavy atom. The summed E-state index contributed by atoms with van der Waals surface area (Å²) in [5.74, 6) is 1.50. The zero-order valence-corrected chi connectivity index (χ0v) is 14.6. The summed E-state index contributed by atoms with van der Waals surface area (Å²) in [5, 5.41) is 4.24. The molecule has 0 unspecified atom stereocenters. The van der Waals surface area contributed by atoms with Gasteiger partial charge in [-0.05, 0) is 25.8 Å². The molecule has 2 atom stereocenters. The molecule has 26 heavy (non-hydrogen) atoms. The third kappa shape index (κ3) is 3.80. The highest BCUT2D eigenvalue weighted by Gasteiger charge is 2.29. The number of rotatable bonds is 6. The fourth-order valence-corrected chi connectivity index (χ4v) is 3.22. The minimum Gasteiger partial charge on any atom is -0.462 e. The van der Waals surface area contributed by atoms with E-state index in [0.29, 0.717) is 29.9 Å². The Morgan fingerprint density at radius 1 is 1.46 bits per heavy atom. The molecule has 0 bridgehead atoms. The molecule has 2 aromatic heterocycles. The second-order valence-electron chi connectivity index (χ2n) is 6.15. The van der Waals surface area contributed by atoms with Gasteiger partial charge in [0.15, 0.2) is 0 Å². The van der Waals surface area contributed by atoms with E-state index in [4.69, 9.17) is 15.9 Å². The molecular formula is C19H21N3O4. The van der Waals surface area contributed by atoms with Crippen molar-refractivity contribution in [3.63, 3.8) is 0 Å². The van der Waals surface area contributed by atoms with Gasteiger partial charge in [-0.3, -0.25) is 4.79 Å². The number of aromatic nitrogens is 2. The van der Waals surface area contributed by atoms with E-state index in [0.717, 1.165) is 18.2 Å². The second kappa shape index (κ2) is 7.91. The van der Waals surface area contributed by atoms with Crippen LogP contribution in [0.25, 0.3) is 11.0 Å². The van der Waals surface area contributed by atoms with Crippen LogP contribution in [-0.4, -0.2) is 40.7 Å². The van der Waals surface area contributed by atoms with E-state index in [9.17, 15) is 9.59 Å². The lowest BCUT2D eigenvalue weighted by Gasteiger charge is -2.18. The lowest BCUT2D eigenvalue weighted by molar-refractivity contribution is -0.147. The van der Waals surface area contributed by atoms with Crippen molar-refractivity contribution in [3.05, 3.63) is 24.0 Å². The molecule has 0 aliphatic heterocycles. The maximum Gasteiger partial charge on any atom is 0.341 e. The van der Waals surface area contributed by atoms with Gasteiger partial charge in [0.25, 0.3) is 0 Å². The van der Waals surface area contributed by atoms with Crippen molar-refractivity contribution in [1.29, 1.82) is 0 Å². The summed E-state index contributed by atoms with van der Waals surface area (Å²) in [6, 6.07) is 1.94. The van der Waals surface area contributed by atoms with Crippen LogP contribution in [0.4, 0.5) is 5.69 Å². The fourth-order valence-electron chi connectivity index (χ4n) is 3.22. The number of hydrogen-bond acceptors (Lipinski definition) is 6. The third-order valence-corrected chi connectivity index (χ3v) is 4.36. The summed E-state index contributed by atoms with van der Waals surface area (Å²) in [6.07, 6.45) is 10.5. The van der Waals surface area contributed by atoms with Gasteiger partial charge in [-0.25, -0.2) is 9.78 Å². The number of esters is 2. The highest BCUT2D eigenvalue weighted by atomic mass is 16.5. The van der Waals surface area contributed by atoms with E-state index < -0.39 is 5.97 Å². The first-order valence-electron chi connectivity index (χ1n) is 8.65. The maximum absolute atomic E-state index is 12.3. The van der Waals surface area contributed by atoms with E-state index in [-0.39, 0.29) is 24.5 Å². The molecule has 2 N–H and O–H groups in total. The summed E-state index contributed by atoms with van der Waals surface area (Å²) >= 11 is 0. The molecule has 0 spiro atoms. The van der Waals surface area contributed by atoms with Crippen LogP contribution < -0.4 is 5.32 Å². The first kappa shape index (κ1) is 17.8. The molecule has 1 saturated carbocycles. The van der Waals surface area contributed by atoms with Crippen LogP contribution in [0, 0.1) is 12.3 Å². The molecule has 1 aliphatic rings. The van der Waals surface area contributed by atoms with Crippen molar-refractivity contribution in [3.8, 4) is 12.3 Å². The van der Waals surface area contributed by atoms with Crippen molar-refractivity contribution >= 4 is 28.7 Å². The molecule has 2 aromatic rings. The van der Waals surface area contributed by atoms with Crippen LogP contribution in [0.2, 0.25) is 0 Å². The van der Waals surface area contributed by atoms with Gasteiger partial charge < -0.3 is 19.8 Å². The number of nitrogens with one attached hydrogen (secondary N) is 2. The lowest BCUT2D eigenvalue weighted by atomic mass is 10.1. The Balaban J connectivity index is 1.77. The average Bonchev–Trinajstić information content (AvgIpc) is 3.25. The maximum atomic E-state index is 12.3. The first-order valence-corrected chi connectivity index (χ1v) is 8.65. The molecule has 1 aliphatic carbocycles. The zero-order chi connectivity index (χ0) is 18.5. The first-order chi connectivity index (χ1) is 12.6. The standard InChI is InChI=1S/C19H21N3O4/c1-3-5-16(23)26-13-7-6-12(10-13)22-17-14-8-9-20-18(14)21-11-15(17)19(24)25-4-2/h1,8-9,11-13H,4-7,10H2,2H3,(H2,20,21,22)/t12-,13-/m1/s1. The number of pyridine rings is 1. The number of anilines is 1. The van der Waals surface area contributed by atoms with Crippen LogP contribution in [-0.2, 0) is 14.3 Å². The normalized spacial score (nSPS) is 19.1. The number of nitrogens with zero attached hydrogens (tertiary/aromatic N) is 1. The Hall–Kier alpha value is -3.01. The predicted molar refractivity (Wildman–Crippen MR) is 96.6 cm³/mol. The van der Waals surface area contributed by atoms with Crippen molar-refractivity contribution in [2.45, 2.75) is 44.8 Å². The number of hydrogen-bond donors (Lipinski definition) is 2. The number of carbonyl (C=O) groups excluding carboxylic acids is 2. The minimum atomic E-state index is -0.416. The molecule has 2 heterocycles. The van der Waals surface area contributed by atoms with Crippen LogP contribution in [0.15, 0.2) is 18.5 Å². The minimum absolute atomic E-state index is 0.0179. The number of carbonyl (C=O) groups is 2. The van der Waals surface area contributed by atoms with Gasteiger partial charge in [0.1, 0.15) is 23.7 Å². The molecule has 0 saturated heterocycles. The van der Waals surface area contributed by atoms with Crippen molar-refractivity contribution < 1.29 is 19.1 Å². The zero-order valence-electron chi connectivity index (χ0n) is 14.6. The number of aromatic amines is 1. The Labute approximate surface area is 151 Å². The number of H-pyrrole nitrogens is 1. The monoisotopic (exact) mass is 355 g/mol. The van der Waals surface area contributed by atoms with Crippen molar-refractivity contribution in [2.24, 2.45) is 0 Å². The van der Waals surface area contributed by atoms with Crippen LogP contribution in [0.3, 0.4) is 0 Å². The van der Waals surface area contributed by atoms with E-state index >= 15 is 0 Å². The highest BCUT2D eigenvalue weighted by molar-refractivity contribution is 6.04. The molecule has 0 amide bonds. The van der Waals surface area contributed by atoms with Crippen LogP contribution in [0.1, 0.15) is 43.0 Å². The van der Waals surface area contributed by atoms with Gasteiger partial charge in [0.05, 0.1) is 12.3 Å². The Morgan fingerprint density at radius 3 is 3.08 bits per heavy atom. The molecule has 0 radical (unpaired) electrons. The lowest BCUT2D eigenvalue weighted by Crippen LogP contribution is -2.21. The van der Waals surface area contributed by atoms with Gasteiger partial charge in [-0.2, -0.15) is 0 Å². The smallest absolute Gasteiger partial charge is 0.341 e. The summed E-state index contributed by atoms with van der Waals surface area (Å²) in [6.45, 7) is 2.06. The van der Waals surface area contributed by atoms with Crippen LogP contribution in [0.5, 0.6) is 0 Å². The third-order valence-electron chi connectivity index (χ3n) is 4.36. The molecule has 3 rings (SSSR count). The SMILES string of the molecule is C#CCC(=O)O[C@@H]1CC[C@@H](Nc2c(C(=O)OCC)cnc3[nH]ccc23)C1. The molecule has 1 fully saturated rings. The quantitative estimate of drug-likeness (QED) is 0.611. The molecular weight excluding hydrogens is 334 g/mol. The molecule has 136 valence electrons. The molecule has 7 nitrogen and oxygen atoms in total. The Bertz CT molecular complexity index is 852. The van der Waals surface area contributed by atoms with Crippen molar-refractivity contribution in [1.82, 2.24) is 9.97 Å². The topological polar surface area (TPSA) is 93.3 Å². The molecule has 0 aromatic carbocycles. The average molecular weight is 355 g/mol. The summed E-state index contributed by atoms with van der Waals surface area (Å²) < 4.78 is 10.5. The van der Waals surface area contributed by atoms with E-state index in [1.54, 1.807) is 13.1 Å². The van der Waals surface area contributed by atoms with Gasteiger partial charge in [-0.1, -0.05) is 5.92 Å². The van der Waals surface area contributed by atoms with Crippen LogP contribution >= 0.6 is 0 Å². The summed E-state index contributed by atoms with van der Waals surface area (Å²) in [4.78, 5) is 31.2. The summed E-state index contributed by atoms with van der Waals surface area (Å²) in [5.41, 5.74) is 1.78. The second-order valence-corrected chi connectivity index (χ2v) is 6.15. The largest absolute Gasteiger partial charge is 0.462 e. The number of ether oxygens (including phenoxy) is 2.